The maximum Gasteiger partial charge on any atom is 0.164 e. The molecule has 0 N–H and O–H groups in total. The van der Waals surface area contributed by atoms with Crippen LogP contribution >= 0.6 is 0 Å². The van der Waals surface area contributed by atoms with Crippen LogP contribution < -0.4 is 0 Å². The molecule has 7 rings (SSSR count). The summed E-state index contributed by atoms with van der Waals surface area (Å²) in [6, 6.07) is 0. The number of aromatic nitrogens is 3. The van der Waals surface area contributed by atoms with Gasteiger partial charge < -0.3 is 28.4 Å². The summed E-state index contributed by atoms with van der Waals surface area (Å²) in [5.74, 6) is 2.49. The molecule has 0 radical (unpaired) electrons. The average Bonchev–Trinajstić information content (AvgIpc) is 3.12. The topological polar surface area (TPSA) is 113 Å². The molecule has 7 heterocycles. The van der Waals surface area contributed by atoms with Gasteiger partial charge in [0.1, 0.15) is 18.5 Å². The zero-order valence-electron chi connectivity index (χ0n) is 26.7. The third-order valence-corrected chi connectivity index (χ3v) is 9.73. The minimum atomic E-state index is -0.0802. The molecule has 252 valence electrons. The zero-order valence-corrected chi connectivity index (χ0v) is 26.7. The number of nitrogens with zero attached hydrogens (tertiary/aromatic N) is 9. The average molecular weight is 634 g/mol. The van der Waals surface area contributed by atoms with Gasteiger partial charge in [-0.05, 0) is 0 Å². The third-order valence-electron chi connectivity index (χ3n) is 9.73. The normalized spacial score (nSPS) is 26.7. The van der Waals surface area contributed by atoms with E-state index in [-0.39, 0.29) is 18.5 Å². The van der Waals surface area contributed by atoms with Gasteiger partial charge in [0.05, 0.1) is 79.3 Å². The van der Waals surface area contributed by atoms with E-state index in [0.717, 1.165) is 96.0 Å². The van der Waals surface area contributed by atoms with Gasteiger partial charge >= 0.3 is 0 Å². The minimum Gasteiger partial charge on any atom is -0.379 e. The summed E-state index contributed by atoms with van der Waals surface area (Å²) in [6.07, 6.45) is -0.241. The third kappa shape index (κ3) is 7.82. The summed E-state index contributed by atoms with van der Waals surface area (Å²) < 4.78 is 34.8. The minimum absolute atomic E-state index is 0.0802. The van der Waals surface area contributed by atoms with Crippen molar-refractivity contribution in [2.45, 2.75) is 18.5 Å². The molecule has 1 aromatic rings. The Kier molecular flexibility index (Phi) is 11.5. The SMILES string of the molecule is C1CN(C(c2nc(C(N3CCOCC3)N3CCOCC3)nc(C(N3CCOCC3)N3CCOCC3)n2)N2CCOCC2)CCO1. The fraction of sp³-hybridized carbons (Fsp3) is 0.900. The monoisotopic (exact) mass is 633 g/mol. The quantitative estimate of drug-likeness (QED) is 0.326. The Morgan fingerprint density at radius 1 is 0.289 bits per heavy atom. The van der Waals surface area contributed by atoms with Crippen molar-refractivity contribution in [1.29, 1.82) is 0 Å². The van der Waals surface area contributed by atoms with Gasteiger partial charge in [-0.15, -0.1) is 0 Å². The predicted octanol–water partition coefficient (Wildman–Crippen LogP) is -1.14. The van der Waals surface area contributed by atoms with E-state index in [4.69, 9.17) is 43.4 Å². The Morgan fingerprint density at radius 3 is 0.600 bits per heavy atom. The first-order valence-electron chi connectivity index (χ1n) is 17.0. The molecule has 0 bridgehead atoms. The van der Waals surface area contributed by atoms with Crippen molar-refractivity contribution in [3.05, 3.63) is 17.5 Å². The highest BCUT2D eigenvalue weighted by atomic mass is 16.5. The summed E-state index contributed by atoms with van der Waals surface area (Å²) in [5, 5.41) is 0. The van der Waals surface area contributed by atoms with Crippen LogP contribution in [-0.4, -0.2) is 202 Å². The fourth-order valence-electron chi connectivity index (χ4n) is 7.38. The maximum atomic E-state index is 5.80. The van der Waals surface area contributed by atoms with Crippen LogP contribution in [0.4, 0.5) is 0 Å². The van der Waals surface area contributed by atoms with Gasteiger partial charge in [-0.1, -0.05) is 0 Å². The van der Waals surface area contributed by atoms with Gasteiger partial charge in [0.25, 0.3) is 0 Å². The Balaban J connectivity index is 1.35. The number of morpholine rings is 6. The maximum absolute atomic E-state index is 5.80. The molecule has 1 aromatic heterocycles. The zero-order chi connectivity index (χ0) is 30.3. The lowest BCUT2D eigenvalue weighted by Crippen LogP contribution is -2.53. The first-order chi connectivity index (χ1) is 22.3. The van der Waals surface area contributed by atoms with E-state index in [2.05, 4.69) is 29.4 Å². The van der Waals surface area contributed by atoms with Gasteiger partial charge in [-0.25, -0.2) is 15.0 Å². The molecule has 0 amide bonds. The van der Waals surface area contributed by atoms with Gasteiger partial charge in [0.15, 0.2) is 17.5 Å². The molecular weight excluding hydrogens is 582 g/mol. The van der Waals surface area contributed by atoms with Crippen LogP contribution in [-0.2, 0) is 28.4 Å². The van der Waals surface area contributed by atoms with E-state index in [9.17, 15) is 0 Å². The summed E-state index contributed by atoms with van der Waals surface area (Å²) in [7, 11) is 0. The molecule has 6 fully saturated rings. The number of hydrogen-bond donors (Lipinski definition) is 0. The van der Waals surface area contributed by atoms with E-state index in [1.54, 1.807) is 0 Å². The second-order valence-corrected chi connectivity index (χ2v) is 12.4. The fourth-order valence-corrected chi connectivity index (χ4v) is 7.38. The van der Waals surface area contributed by atoms with Crippen LogP contribution in [0.25, 0.3) is 0 Å². The molecule has 0 saturated carbocycles. The number of ether oxygens (including phenoxy) is 6. The Hall–Kier alpha value is -1.47. The van der Waals surface area contributed by atoms with Gasteiger partial charge in [-0.3, -0.25) is 29.4 Å². The van der Waals surface area contributed by atoms with Crippen molar-refractivity contribution in [3.63, 3.8) is 0 Å². The lowest BCUT2D eigenvalue weighted by Gasteiger charge is -2.45. The highest BCUT2D eigenvalue weighted by Gasteiger charge is 2.39. The van der Waals surface area contributed by atoms with Crippen molar-refractivity contribution in [2.75, 3.05) is 158 Å². The first kappa shape index (κ1) is 32.1. The Labute approximate surface area is 266 Å². The number of hydrogen-bond acceptors (Lipinski definition) is 15. The molecule has 0 spiro atoms. The molecule has 6 aliphatic rings. The van der Waals surface area contributed by atoms with E-state index in [1.807, 2.05) is 0 Å². The van der Waals surface area contributed by atoms with Crippen molar-refractivity contribution in [3.8, 4) is 0 Å². The Bertz CT molecular complexity index is 846. The smallest absolute Gasteiger partial charge is 0.164 e. The molecule has 15 nitrogen and oxygen atoms in total. The largest absolute Gasteiger partial charge is 0.379 e. The second-order valence-electron chi connectivity index (χ2n) is 12.4. The molecular formula is C30H51N9O6. The highest BCUT2D eigenvalue weighted by Crippen LogP contribution is 2.32. The van der Waals surface area contributed by atoms with Gasteiger partial charge in [-0.2, -0.15) is 0 Å². The molecule has 0 aromatic carbocycles. The van der Waals surface area contributed by atoms with Crippen molar-refractivity contribution >= 4 is 0 Å². The highest BCUT2D eigenvalue weighted by molar-refractivity contribution is 5.10. The number of rotatable bonds is 9. The van der Waals surface area contributed by atoms with Crippen molar-refractivity contribution in [2.24, 2.45) is 0 Å². The van der Waals surface area contributed by atoms with E-state index in [1.165, 1.54) is 0 Å². The van der Waals surface area contributed by atoms with Crippen LogP contribution in [0.15, 0.2) is 0 Å². The van der Waals surface area contributed by atoms with Crippen LogP contribution in [0.3, 0.4) is 0 Å². The van der Waals surface area contributed by atoms with Crippen molar-refractivity contribution < 1.29 is 28.4 Å². The second kappa shape index (κ2) is 16.1. The van der Waals surface area contributed by atoms with Crippen LogP contribution in [0, 0.1) is 0 Å². The molecule has 0 aliphatic carbocycles. The summed E-state index contributed by atoms with van der Waals surface area (Å²) >= 11 is 0. The van der Waals surface area contributed by atoms with Crippen LogP contribution in [0.2, 0.25) is 0 Å². The van der Waals surface area contributed by atoms with Crippen LogP contribution in [0.5, 0.6) is 0 Å². The van der Waals surface area contributed by atoms with E-state index < -0.39 is 0 Å². The van der Waals surface area contributed by atoms with Gasteiger partial charge in [0.2, 0.25) is 0 Å². The molecule has 15 heteroatoms. The standard InChI is InChI=1S/C30H51N9O6/c1-13-40-14-2-34(1)28(35-3-15-41-16-4-35)25-31-26(29(36-5-17-42-18-6-36)37-7-19-43-20-8-37)33-27(32-25)30(38-9-21-44-22-10-38)39-11-23-45-24-12-39/h28-30H,1-24H2. The Morgan fingerprint density at radius 2 is 0.444 bits per heavy atom. The van der Waals surface area contributed by atoms with Gasteiger partial charge in [0, 0.05) is 78.5 Å². The lowest BCUT2D eigenvalue weighted by molar-refractivity contribution is -0.0795. The molecule has 6 saturated heterocycles. The summed E-state index contributed by atoms with van der Waals surface area (Å²) in [5.41, 5.74) is 0. The first-order valence-corrected chi connectivity index (χ1v) is 17.0. The van der Waals surface area contributed by atoms with E-state index in [0.29, 0.717) is 79.3 Å². The summed E-state index contributed by atoms with van der Waals surface area (Å²) in [4.78, 5) is 31.4. The lowest BCUT2D eigenvalue weighted by atomic mass is 10.2. The molecule has 0 unspecified atom stereocenters. The summed E-state index contributed by atoms with van der Waals surface area (Å²) in [6.45, 7) is 18.6. The predicted molar refractivity (Wildman–Crippen MR) is 162 cm³/mol. The molecule has 6 aliphatic heterocycles. The van der Waals surface area contributed by atoms with Crippen molar-refractivity contribution in [1.82, 2.24) is 44.4 Å². The molecule has 45 heavy (non-hydrogen) atoms. The molecule has 0 atom stereocenters. The van der Waals surface area contributed by atoms with Crippen LogP contribution in [0.1, 0.15) is 36.0 Å². The van der Waals surface area contributed by atoms with E-state index >= 15 is 0 Å².